The van der Waals surface area contributed by atoms with Crippen LogP contribution in [0.1, 0.15) is 80.8 Å². The standard InChI is InChI=1S/C16H19FN2.C15H16FN.CH5N/c1-18-13-5-2-11(3-6-13)14-8-9-19-16-7-4-12(17)10-15(14)16;16-12-6-7-15-14(10-12)13(8-9-17-15)11-4-2-1-3-5-11;1-2/h4,7-11,13,18H,2-3,5-6H2,1H3;6-11H,1-5H2;2H2,1H3. The molecule has 0 unspecified atom stereocenters. The van der Waals surface area contributed by atoms with Crippen LogP contribution in [0, 0.1) is 11.6 Å². The molecule has 0 saturated heterocycles. The molecule has 2 aliphatic carbocycles. The van der Waals surface area contributed by atoms with E-state index >= 15 is 0 Å². The summed E-state index contributed by atoms with van der Waals surface area (Å²) >= 11 is 0. The number of fused-ring (bicyclic) bond motifs is 2. The topological polar surface area (TPSA) is 63.8 Å². The highest BCUT2D eigenvalue weighted by atomic mass is 19.1. The number of nitrogens with two attached hydrogens (primary N) is 1. The third kappa shape index (κ3) is 6.72. The van der Waals surface area contributed by atoms with E-state index in [0.717, 1.165) is 21.8 Å². The predicted octanol–water partition coefficient (Wildman–Crippen LogP) is 7.62. The average Bonchev–Trinajstić information content (AvgIpc) is 2.98. The van der Waals surface area contributed by atoms with Gasteiger partial charge in [0.05, 0.1) is 11.0 Å². The Hall–Kier alpha value is -2.96. The fraction of sp³-hybridized carbons (Fsp3) is 0.438. The van der Waals surface area contributed by atoms with Crippen LogP contribution in [0.2, 0.25) is 0 Å². The van der Waals surface area contributed by atoms with Gasteiger partial charge < -0.3 is 11.1 Å². The molecule has 4 aromatic rings. The van der Waals surface area contributed by atoms with Crippen molar-refractivity contribution in [2.24, 2.45) is 5.73 Å². The molecular formula is C32H40F2N4. The lowest BCUT2D eigenvalue weighted by atomic mass is 9.81. The minimum atomic E-state index is -0.175. The van der Waals surface area contributed by atoms with Gasteiger partial charge in [-0.2, -0.15) is 0 Å². The van der Waals surface area contributed by atoms with Crippen molar-refractivity contribution < 1.29 is 8.78 Å². The average molecular weight is 519 g/mol. The van der Waals surface area contributed by atoms with Crippen molar-refractivity contribution in [3.8, 4) is 0 Å². The number of halogens is 2. The van der Waals surface area contributed by atoms with Crippen molar-refractivity contribution in [3.63, 3.8) is 0 Å². The van der Waals surface area contributed by atoms with Gasteiger partial charge in [0.2, 0.25) is 0 Å². The van der Waals surface area contributed by atoms with Crippen LogP contribution in [-0.4, -0.2) is 30.1 Å². The summed E-state index contributed by atoms with van der Waals surface area (Å²) in [5.74, 6) is 0.793. The highest BCUT2D eigenvalue weighted by Crippen LogP contribution is 2.37. The summed E-state index contributed by atoms with van der Waals surface area (Å²) in [7, 11) is 3.53. The van der Waals surface area contributed by atoms with Crippen molar-refractivity contribution in [2.45, 2.75) is 75.7 Å². The zero-order chi connectivity index (χ0) is 26.9. The molecular weight excluding hydrogens is 478 g/mol. The van der Waals surface area contributed by atoms with Crippen molar-refractivity contribution in [3.05, 3.63) is 83.7 Å². The van der Waals surface area contributed by atoms with E-state index in [2.05, 4.69) is 33.2 Å². The van der Waals surface area contributed by atoms with Crippen molar-refractivity contribution in [1.29, 1.82) is 0 Å². The lowest BCUT2D eigenvalue weighted by Crippen LogP contribution is -2.29. The molecule has 0 bridgehead atoms. The van der Waals surface area contributed by atoms with E-state index in [1.807, 2.05) is 19.4 Å². The van der Waals surface area contributed by atoms with Gasteiger partial charge in [-0.25, -0.2) is 8.78 Å². The summed E-state index contributed by atoms with van der Waals surface area (Å²) in [4.78, 5) is 8.64. The molecule has 3 N–H and O–H groups in total. The fourth-order valence-electron chi connectivity index (χ4n) is 6.10. The summed E-state index contributed by atoms with van der Waals surface area (Å²) in [6, 6.07) is 14.5. The SMILES string of the molecule is CN.CNC1CCC(c2ccnc3ccc(F)cc23)CC1.Fc1ccc2nccc(C3CCCCC3)c2c1. The number of rotatable bonds is 3. The highest BCUT2D eigenvalue weighted by Gasteiger charge is 2.23. The Bertz CT molecular complexity index is 1310. The van der Waals surface area contributed by atoms with E-state index in [0.29, 0.717) is 17.9 Å². The number of hydrogen-bond donors (Lipinski definition) is 2. The molecule has 0 atom stereocenters. The van der Waals surface area contributed by atoms with Crippen molar-refractivity contribution in [2.75, 3.05) is 14.1 Å². The zero-order valence-electron chi connectivity index (χ0n) is 22.6. The first-order valence-electron chi connectivity index (χ1n) is 14.0. The second-order valence-electron chi connectivity index (χ2n) is 10.3. The number of aromatic nitrogens is 2. The first-order chi connectivity index (χ1) is 18.6. The van der Waals surface area contributed by atoms with Gasteiger partial charge in [0.15, 0.2) is 0 Å². The normalized spacial score (nSPS) is 19.8. The zero-order valence-corrected chi connectivity index (χ0v) is 22.6. The van der Waals surface area contributed by atoms with Crippen molar-refractivity contribution in [1.82, 2.24) is 15.3 Å². The van der Waals surface area contributed by atoms with Gasteiger partial charge in [-0.3, -0.25) is 9.97 Å². The van der Waals surface area contributed by atoms with E-state index < -0.39 is 0 Å². The van der Waals surface area contributed by atoms with E-state index in [-0.39, 0.29) is 11.6 Å². The smallest absolute Gasteiger partial charge is 0.123 e. The molecule has 2 aliphatic rings. The minimum Gasteiger partial charge on any atom is -0.333 e. The van der Waals surface area contributed by atoms with Crippen LogP contribution in [0.15, 0.2) is 60.9 Å². The predicted molar refractivity (Wildman–Crippen MR) is 153 cm³/mol. The molecule has 4 nitrogen and oxygen atoms in total. The van der Waals surface area contributed by atoms with Crippen LogP contribution in [0.25, 0.3) is 21.8 Å². The maximum absolute atomic E-state index is 13.5. The molecule has 2 fully saturated rings. The molecule has 0 radical (unpaired) electrons. The maximum atomic E-state index is 13.5. The summed E-state index contributed by atoms with van der Waals surface area (Å²) in [6.45, 7) is 0. The van der Waals surface area contributed by atoms with Gasteiger partial charge in [0, 0.05) is 29.2 Å². The van der Waals surface area contributed by atoms with Crippen LogP contribution >= 0.6 is 0 Å². The summed E-state index contributed by atoms with van der Waals surface area (Å²) < 4.78 is 26.8. The lowest BCUT2D eigenvalue weighted by Gasteiger charge is -2.29. The Morgan fingerprint density at radius 1 is 0.658 bits per heavy atom. The van der Waals surface area contributed by atoms with Crippen LogP contribution in [-0.2, 0) is 0 Å². The van der Waals surface area contributed by atoms with Gasteiger partial charge >= 0.3 is 0 Å². The van der Waals surface area contributed by atoms with Crippen LogP contribution in [0.3, 0.4) is 0 Å². The number of hydrogen-bond acceptors (Lipinski definition) is 4. The number of benzene rings is 2. The van der Waals surface area contributed by atoms with Crippen LogP contribution in [0.5, 0.6) is 0 Å². The van der Waals surface area contributed by atoms with E-state index in [9.17, 15) is 8.78 Å². The Morgan fingerprint density at radius 3 is 1.61 bits per heavy atom. The molecule has 0 aliphatic heterocycles. The Morgan fingerprint density at radius 2 is 1.13 bits per heavy atom. The number of nitrogens with zero attached hydrogens (tertiary/aromatic N) is 2. The third-order valence-corrected chi connectivity index (χ3v) is 8.09. The monoisotopic (exact) mass is 518 g/mol. The largest absolute Gasteiger partial charge is 0.333 e. The number of nitrogens with one attached hydrogen (secondary N) is 1. The minimum absolute atomic E-state index is 0.164. The van der Waals surface area contributed by atoms with E-state index in [1.54, 1.807) is 24.3 Å². The second kappa shape index (κ2) is 13.7. The maximum Gasteiger partial charge on any atom is 0.123 e. The van der Waals surface area contributed by atoms with Crippen LogP contribution in [0.4, 0.5) is 8.78 Å². The van der Waals surface area contributed by atoms with Gasteiger partial charge in [-0.05, 0) is 124 Å². The molecule has 2 aromatic carbocycles. The third-order valence-electron chi connectivity index (χ3n) is 8.09. The van der Waals surface area contributed by atoms with E-state index in [4.69, 9.17) is 0 Å². The molecule has 6 heteroatoms. The van der Waals surface area contributed by atoms with Crippen molar-refractivity contribution >= 4 is 21.8 Å². The first kappa shape index (κ1) is 28.1. The van der Waals surface area contributed by atoms with Gasteiger partial charge in [0.25, 0.3) is 0 Å². The highest BCUT2D eigenvalue weighted by molar-refractivity contribution is 5.83. The van der Waals surface area contributed by atoms with E-state index in [1.165, 1.54) is 88.1 Å². The fourth-order valence-corrected chi connectivity index (χ4v) is 6.10. The quantitative estimate of drug-likeness (QED) is 0.293. The molecule has 6 rings (SSSR count). The van der Waals surface area contributed by atoms with Crippen LogP contribution < -0.4 is 11.1 Å². The lowest BCUT2D eigenvalue weighted by molar-refractivity contribution is 0.360. The Labute approximate surface area is 225 Å². The Balaban J connectivity index is 0.000000167. The Kier molecular flexibility index (Phi) is 10.1. The molecule has 202 valence electrons. The molecule has 2 heterocycles. The van der Waals surface area contributed by atoms with Gasteiger partial charge in [0.1, 0.15) is 11.6 Å². The van der Waals surface area contributed by atoms with Gasteiger partial charge in [-0.15, -0.1) is 0 Å². The van der Waals surface area contributed by atoms with Gasteiger partial charge in [-0.1, -0.05) is 19.3 Å². The summed E-state index contributed by atoms with van der Waals surface area (Å²) in [5.41, 5.74) is 8.86. The summed E-state index contributed by atoms with van der Waals surface area (Å²) in [6.07, 6.45) is 14.8. The molecule has 0 spiro atoms. The molecule has 2 saturated carbocycles. The first-order valence-corrected chi connectivity index (χ1v) is 14.0. The molecule has 38 heavy (non-hydrogen) atoms. The molecule has 2 aromatic heterocycles. The summed E-state index contributed by atoms with van der Waals surface area (Å²) in [5, 5.41) is 5.33. The second-order valence-corrected chi connectivity index (χ2v) is 10.3. The number of pyridine rings is 2. The molecule has 0 amide bonds.